The van der Waals surface area contributed by atoms with Crippen LogP contribution in [0.3, 0.4) is 0 Å². The van der Waals surface area contributed by atoms with E-state index in [1.54, 1.807) is 6.07 Å². The normalized spacial score (nSPS) is 12.2. The highest BCUT2D eigenvalue weighted by Crippen LogP contribution is 2.22. The van der Waals surface area contributed by atoms with Crippen molar-refractivity contribution in [2.24, 2.45) is 5.73 Å². The quantitative estimate of drug-likeness (QED) is 0.882. The summed E-state index contributed by atoms with van der Waals surface area (Å²) in [6.45, 7) is 2.83. The molecule has 3 heteroatoms. The molecule has 0 aliphatic carbocycles. The van der Waals surface area contributed by atoms with Crippen molar-refractivity contribution in [2.45, 2.75) is 25.8 Å². The van der Waals surface area contributed by atoms with Crippen LogP contribution in [-0.4, -0.2) is 19.6 Å². The van der Waals surface area contributed by atoms with Gasteiger partial charge in [-0.2, -0.15) is 0 Å². The van der Waals surface area contributed by atoms with Crippen LogP contribution in [0.2, 0.25) is 0 Å². The lowest BCUT2D eigenvalue weighted by atomic mass is 10.0. The number of rotatable bonds is 6. The maximum Gasteiger partial charge on any atom is 0.123 e. The van der Waals surface area contributed by atoms with Crippen LogP contribution in [0.25, 0.3) is 0 Å². The number of hydrogen-bond donors (Lipinski definition) is 1. The zero-order valence-electron chi connectivity index (χ0n) is 12.7. The number of likely N-dealkylation sites (N-methyl/N-ethyl adjacent to an activating group) is 1. The van der Waals surface area contributed by atoms with Crippen molar-refractivity contribution in [1.29, 1.82) is 0 Å². The van der Waals surface area contributed by atoms with Crippen molar-refractivity contribution in [3.05, 3.63) is 65.5 Å². The Balaban J connectivity index is 2.09. The van der Waals surface area contributed by atoms with Crippen LogP contribution in [0.1, 0.15) is 18.1 Å². The van der Waals surface area contributed by atoms with E-state index in [0.717, 1.165) is 24.2 Å². The molecule has 0 amide bonds. The molecule has 0 saturated heterocycles. The van der Waals surface area contributed by atoms with Gasteiger partial charge in [0.1, 0.15) is 5.82 Å². The molecule has 1 unspecified atom stereocenters. The van der Waals surface area contributed by atoms with E-state index in [2.05, 4.69) is 29.2 Å². The SMILES string of the molecule is CC(N)Cc1cc(F)ccc1N(C)CCc1ccccc1. The second kappa shape index (κ2) is 7.23. The molecule has 0 aromatic heterocycles. The van der Waals surface area contributed by atoms with Gasteiger partial charge in [0.25, 0.3) is 0 Å². The molecular formula is C18H23FN2. The number of nitrogens with two attached hydrogens (primary N) is 1. The third-order valence-electron chi connectivity index (χ3n) is 3.57. The molecule has 0 radical (unpaired) electrons. The largest absolute Gasteiger partial charge is 0.374 e. The first-order valence-electron chi connectivity index (χ1n) is 7.35. The summed E-state index contributed by atoms with van der Waals surface area (Å²) in [6.07, 6.45) is 1.65. The predicted molar refractivity (Wildman–Crippen MR) is 87.2 cm³/mol. The van der Waals surface area contributed by atoms with E-state index < -0.39 is 0 Å². The zero-order valence-corrected chi connectivity index (χ0v) is 12.7. The van der Waals surface area contributed by atoms with Gasteiger partial charge in [-0.3, -0.25) is 0 Å². The molecule has 0 saturated carbocycles. The van der Waals surface area contributed by atoms with E-state index in [0.29, 0.717) is 6.42 Å². The Kier molecular flexibility index (Phi) is 5.34. The van der Waals surface area contributed by atoms with Crippen LogP contribution in [-0.2, 0) is 12.8 Å². The fourth-order valence-corrected chi connectivity index (χ4v) is 2.50. The predicted octanol–water partition coefficient (Wildman–Crippen LogP) is 3.39. The van der Waals surface area contributed by atoms with Crippen LogP contribution in [0.4, 0.5) is 10.1 Å². The highest BCUT2D eigenvalue weighted by Gasteiger charge is 2.10. The Morgan fingerprint density at radius 1 is 1.14 bits per heavy atom. The van der Waals surface area contributed by atoms with Crippen molar-refractivity contribution in [3.63, 3.8) is 0 Å². The van der Waals surface area contributed by atoms with Gasteiger partial charge in [-0.15, -0.1) is 0 Å². The first kappa shape index (κ1) is 15.5. The summed E-state index contributed by atoms with van der Waals surface area (Å²) in [6, 6.07) is 15.3. The standard InChI is InChI=1S/C18H23FN2/c1-14(20)12-16-13-17(19)8-9-18(16)21(2)11-10-15-6-4-3-5-7-15/h3-9,13-14H,10-12,20H2,1-2H3. The maximum absolute atomic E-state index is 13.5. The number of anilines is 1. The van der Waals surface area contributed by atoms with E-state index in [1.807, 2.05) is 26.1 Å². The van der Waals surface area contributed by atoms with Crippen LogP contribution in [0, 0.1) is 5.82 Å². The minimum absolute atomic E-state index is 0.0214. The lowest BCUT2D eigenvalue weighted by Crippen LogP contribution is -2.24. The highest BCUT2D eigenvalue weighted by molar-refractivity contribution is 5.53. The van der Waals surface area contributed by atoms with Gasteiger partial charge in [0, 0.05) is 25.3 Å². The van der Waals surface area contributed by atoms with Gasteiger partial charge in [0.15, 0.2) is 0 Å². The molecule has 0 aliphatic heterocycles. The summed E-state index contributed by atoms with van der Waals surface area (Å²) in [7, 11) is 2.04. The third-order valence-corrected chi connectivity index (χ3v) is 3.57. The zero-order chi connectivity index (χ0) is 15.2. The Morgan fingerprint density at radius 3 is 2.52 bits per heavy atom. The summed E-state index contributed by atoms with van der Waals surface area (Å²) >= 11 is 0. The van der Waals surface area contributed by atoms with Gasteiger partial charge < -0.3 is 10.6 Å². The fraction of sp³-hybridized carbons (Fsp3) is 0.333. The molecule has 2 aromatic rings. The molecule has 0 bridgehead atoms. The molecule has 21 heavy (non-hydrogen) atoms. The van der Waals surface area contributed by atoms with Crippen molar-refractivity contribution in [2.75, 3.05) is 18.5 Å². The van der Waals surface area contributed by atoms with Crippen molar-refractivity contribution >= 4 is 5.69 Å². The Bertz CT molecular complexity index is 567. The molecule has 2 N–H and O–H groups in total. The van der Waals surface area contributed by atoms with Gasteiger partial charge in [-0.05, 0) is 49.1 Å². The third kappa shape index (κ3) is 4.57. The highest BCUT2D eigenvalue weighted by atomic mass is 19.1. The molecule has 0 aliphatic rings. The molecule has 2 aromatic carbocycles. The van der Waals surface area contributed by atoms with Gasteiger partial charge in [0.2, 0.25) is 0 Å². The Hall–Kier alpha value is -1.87. The summed E-state index contributed by atoms with van der Waals surface area (Å²) in [5.74, 6) is -0.203. The smallest absolute Gasteiger partial charge is 0.123 e. The molecule has 1 atom stereocenters. The summed E-state index contributed by atoms with van der Waals surface area (Å²) < 4.78 is 13.5. The second-order valence-corrected chi connectivity index (χ2v) is 5.61. The van der Waals surface area contributed by atoms with E-state index in [9.17, 15) is 4.39 Å². The van der Waals surface area contributed by atoms with Crippen LogP contribution in [0.15, 0.2) is 48.5 Å². The Labute approximate surface area is 126 Å². The molecule has 2 nitrogen and oxygen atoms in total. The van der Waals surface area contributed by atoms with Gasteiger partial charge in [0.05, 0.1) is 0 Å². The number of halogens is 1. The molecule has 0 fully saturated rings. The summed E-state index contributed by atoms with van der Waals surface area (Å²) in [5.41, 5.74) is 9.21. The first-order chi connectivity index (χ1) is 10.1. The number of hydrogen-bond acceptors (Lipinski definition) is 2. The monoisotopic (exact) mass is 286 g/mol. The molecule has 2 rings (SSSR count). The van der Waals surface area contributed by atoms with E-state index in [1.165, 1.54) is 11.6 Å². The average Bonchev–Trinajstić information content (AvgIpc) is 2.45. The average molecular weight is 286 g/mol. The Morgan fingerprint density at radius 2 is 1.86 bits per heavy atom. The summed E-state index contributed by atoms with van der Waals surface area (Å²) in [4.78, 5) is 2.17. The molecule has 112 valence electrons. The molecule has 0 spiro atoms. The number of nitrogens with zero attached hydrogens (tertiary/aromatic N) is 1. The van der Waals surface area contributed by atoms with Crippen LogP contribution in [0.5, 0.6) is 0 Å². The second-order valence-electron chi connectivity index (χ2n) is 5.61. The van der Waals surface area contributed by atoms with Crippen LogP contribution >= 0.6 is 0 Å². The lowest BCUT2D eigenvalue weighted by Gasteiger charge is -2.23. The summed E-state index contributed by atoms with van der Waals surface area (Å²) in [5, 5.41) is 0. The van der Waals surface area contributed by atoms with Crippen molar-refractivity contribution in [1.82, 2.24) is 0 Å². The van der Waals surface area contributed by atoms with E-state index in [4.69, 9.17) is 5.73 Å². The van der Waals surface area contributed by atoms with E-state index in [-0.39, 0.29) is 11.9 Å². The minimum Gasteiger partial charge on any atom is -0.374 e. The molecular weight excluding hydrogens is 263 g/mol. The molecule has 0 heterocycles. The van der Waals surface area contributed by atoms with Crippen molar-refractivity contribution < 1.29 is 4.39 Å². The lowest BCUT2D eigenvalue weighted by molar-refractivity contribution is 0.622. The van der Waals surface area contributed by atoms with Crippen molar-refractivity contribution in [3.8, 4) is 0 Å². The first-order valence-corrected chi connectivity index (χ1v) is 7.35. The fourth-order valence-electron chi connectivity index (χ4n) is 2.50. The van der Waals surface area contributed by atoms with Gasteiger partial charge in [-0.1, -0.05) is 30.3 Å². The topological polar surface area (TPSA) is 29.3 Å². The van der Waals surface area contributed by atoms with Gasteiger partial charge in [-0.25, -0.2) is 4.39 Å². The minimum atomic E-state index is -0.203. The van der Waals surface area contributed by atoms with E-state index >= 15 is 0 Å². The number of benzene rings is 2. The maximum atomic E-state index is 13.5. The van der Waals surface area contributed by atoms with Gasteiger partial charge >= 0.3 is 0 Å². The van der Waals surface area contributed by atoms with Crippen LogP contribution < -0.4 is 10.6 Å².